The fourth-order valence-corrected chi connectivity index (χ4v) is 5.38. The molecule has 6 rings (SSSR count). The van der Waals surface area contributed by atoms with Gasteiger partial charge in [0.2, 0.25) is 0 Å². The first-order valence-corrected chi connectivity index (χ1v) is 13.0. The maximum absolute atomic E-state index is 13.8. The monoisotopic (exact) mass is 502 g/mol. The van der Waals surface area contributed by atoms with Gasteiger partial charge in [-0.3, -0.25) is 4.79 Å². The van der Waals surface area contributed by atoms with E-state index >= 15 is 0 Å². The first-order valence-electron chi connectivity index (χ1n) is 13.0. The molecule has 2 N–H and O–H groups in total. The SMILES string of the molecule is COc1ccc(C2CC(=O)C3=C(C2)Nc2ccccc2NC3c2cccc(OCc3ccccc3)c2)cc1. The van der Waals surface area contributed by atoms with E-state index in [1.54, 1.807) is 7.11 Å². The summed E-state index contributed by atoms with van der Waals surface area (Å²) in [5, 5.41) is 7.28. The van der Waals surface area contributed by atoms with Crippen molar-refractivity contribution in [3.8, 4) is 11.5 Å². The van der Waals surface area contributed by atoms with Gasteiger partial charge >= 0.3 is 0 Å². The number of para-hydroxylation sites is 2. The number of hydrogen-bond donors (Lipinski definition) is 2. The van der Waals surface area contributed by atoms with Crippen LogP contribution in [-0.4, -0.2) is 12.9 Å². The largest absolute Gasteiger partial charge is 0.497 e. The number of ether oxygens (including phenoxy) is 2. The molecular weight excluding hydrogens is 472 g/mol. The summed E-state index contributed by atoms with van der Waals surface area (Å²) in [6.45, 7) is 0.489. The third kappa shape index (κ3) is 4.88. The average Bonchev–Trinajstić information content (AvgIpc) is 3.14. The molecule has 2 atom stereocenters. The summed E-state index contributed by atoms with van der Waals surface area (Å²) < 4.78 is 11.5. The zero-order chi connectivity index (χ0) is 25.9. The van der Waals surface area contributed by atoms with Gasteiger partial charge in [-0.15, -0.1) is 0 Å². The molecule has 1 heterocycles. The van der Waals surface area contributed by atoms with Crippen LogP contribution in [-0.2, 0) is 11.4 Å². The Labute approximate surface area is 223 Å². The van der Waals surface area contributed by atoms with Crippen molar-refractivity contribution in [2.75, 3.05) is 17.7 Å². The van der Waals surface area contributed by atoms with Crippen molar-refractivity contribution in [3.05, 3.63) is 131 Å². The van der Waals surface area contributed by atoms with E-state index < -0.39 is 0 Å². The second-order valence-electron chi connectivity index (χ2n) is 9.79. The molecule has 0 saturated heterocycles. The van der Waals surface area contributed by atoms with Gasteiger partial charge in [0, 0.05) is 17.7 Å². The predicted molar refractivity (Wildman–Crippen MR) is 151 cm³/mol. The van der Waals surface area contributed by atoms with Crippen molar-refractivity contribution >= 4 is 17.2 Å². The smallest absolute Gasteiger partial charge is 0.163 e. The number of carbonyl (C=O) groups is 1. The summed E-state index contributed by atoms with van der Waals surface area (Å²) in [6, 6.07) is 34.1. The van der Waals surface area contributed by atoms with Crippen LogP contribution in [0.1, 0.15) is 41.5 Å². The van der Waals surface area contributed by atoms with Crippen LogP contribution in [0.15, 0.2) is 114 Å². The first kappa shape index (κ1) is 23.9. The Morgan fingerprint density at radius 1 is 0.763 bits per heavy atom. The van der Waals surface area contributed by atoms with Crippen LogP contribution >= 0.6 is 0 Å². The standard InChI is InChI=1S/C33H30N2O3/c1-37-26-16-14-23(15-17-26)25-19-30-32(31(36)20-25)33(35-29-13-6-5-12-28(29)34-30)24-10-7-11-27(18-24)38-21-22-8-3-2-4-9-22/h2-18,25,33-35H,19-21H2,1H3. The highest BCUT2D eigenvalue weighted by Crippen LogP contribution is 2.44. The normalized spacial score (nSPS) is 18.4. The molecule has 0 bridgehead atoms. The molecule has 4 aromatic carbocycles. The number of benzene rings is 4. The number of nitrogens with one attached hydrogen (secondary N) is 2. The fraction of sp³-hybridized carbons (Fsp3) is 0.182. The van der Waals surface area contributed by atoms with Crippen molar-refractivity contribution in [1.29, 1.82) is 0 Å². The van der Waals surface area contributed by atoms with Gasteiger partial charge in [-0.05, 0) is 65.4 Å². The van der Waals surface area contributed by atoms with Crippen molar-refractivity contribution < 1.29 is 14.3 Å². The number of ketones is 1. The fourth-order valence-electron chi connectivity index (χ4n) is 5.38. The third-order valence-corrected chi connectivity index (χ3v) is 7.34. The quantitative estimate of drug-likeness (QED) is 0.291. The molecule has 0 amide bonds. The third-order valence-electron chi connectivity index (χ3n) is 7.34. The average molecular weight is 503 g/mol. The minimum atomic E-state index is -0.286. The van der Waals surface area contributed by atoms with E-state index in [4.69, 9.17) is 9.47 Å². The van der Waals surface area contributed by atoms with E-state index in [0.29, 0.717) is 13.0 Å². The van der Waals surface area contributed by atoms with Crippen LogP contribution < -0.4 is 20.1 Å². The van der Waals surface area contributed by atoms with E-state index in [-0.39, 0.29) is 17.7 Å². The molecule has 5 nitrogen and oxygen atoms in total. The zero-order valence-electron chi connectivity index (χ0n) is 21.3. The predicted octanol–water partition coefficient (Wildman–Crippen LogP) is 7.25. The zero-order valence-corrected chi connectivity index (χ0v) is 21.3. The summed E-state index contributed by atoms with van der Waals surface area (Å²) in [7, 11) is 1.66. The van der Waals surface area contributed by atoms with Gasteiger partial charge in [-0.1, -0.05) is 66.7 Å². The molecule has 1 aliphatic carbocycles. The van der Waals surface area contributed by atoms with E-state index in [1.165, 1.54) is 0 Å². The Hall–Kier alpha value is -4.51. The lowest BCUT2D eigenvalue weighted by Crippen LogP contribution is -2.26. The van der Waals surface area contributed by atoms with Crippen LogP contribution in [0.5, 0.6) is 11.5 Å². The molecule has 0 spiro atoms. The van der Waals surface area contributed by atoms with Crippen molar-refractivity contribution in [2.24, 2.45) is 0 Å². The Kier molecular flexibility index (Phi) is 6.57. The lowest BCUT2D eigenvalue weighted by molar-refractivity contribution is -0.116. The molecule has 4 aromatic rings. The van der Waals surface area contributed by atoms with Gasteiger partial charge in [-0.25, -0.2) is 0 Å². The molecule has 0 radical (unpaired) electrons. The Morgan fingerprint density at radius 2 is 1.53 bits per heavy atom. The highest BCUT2D eigenvalue weighted by atomic mass is 16.5. The summed E-state index contributed by atoms with van der Waals surface area (Å²) in [5.74, 6) is 1.85. The van der Waals surface area contributed by atoms with Gasteiger partial charge in [-0.2, -0.15) is 0 Å². The highest BCUT2D eigenvalue weighted by Gasteiger charge is 2.36. The van der Waals surface area contributed by atoms with E-state index in [9.17, 15) is 4.79 Å². The number of carbonyl (C=O) groups excluding carboxylic acids is 1. The number of hydrogen-bond acceptors (Lipinski definition) is 5. The number of allylic oxidation sites excluding steroid dienone is 1. The minimum absolute atomic E-state index is 0.103. The molecule has 2 unspecified atom stereocenters. The molecule has 5 heteroatoms. The summed E-state index contributed by atoms with van der Waals surface area (Å²) in [4.78, 5) is 13.8. The highest BCUT2D eigenvalue weighted by molar-refractivity contribution is 6.01. The number of anilines is 2. The van der Waals surface area contributed by atoms with Gasteiger partial charge in [0.1, 0.15) is 18.1 Å². The van der Waals surface area contributed by atoms with Crippen molar-refractivity contribution in [3.63, 3.8) is 0 Å². The lowest BCUT2D eigenvalue weighted by atomic mass is 9.78. The molecule has 0 aromatic heterocycles. The number of rotatable bonds is 6. The summed E-state index contributed by atoms with van der Waals surface area (Å²) >= 11 is 0. The van der Waals surface area contributed by atoms with Crippen LogP contribution in [0.2, 0.25) is 0 Å². The molecule has 0 fully saturated rings. The van der Waals surface area contributed by atoms with Crippen molar-refractivity contribution in [1.82, 2.24) is 0 Å². The van der Waals surface area contributed by atoms with Gasteiger partial charge in [0.05, 0.1) is 24.5 Å². The number of fused-ring (bicyclic) bond motifs is 1. The lowest BCUT2D eigenvalue weighted by Gasteiger charge is -2.30. The van der Waals surface area contributed by atoms with Crippen LogP contribution in [0, 0.1) is 0 Å². The second-order valence-corrected chi connectivity index (χ2v) is 9.79. The van der Waals surface area contributed by atoms with Crippen molar-refractivity contribution in [2.45, 2.75) is 31.4 Å². The molecule has 2 aliphatic rings. The maximum atomic E-state index is 13.8. The maximum Gasteiger partial charge on any atom is 0.163 e. The second kappa shape index (κ2) is 10.5. The van der Waals surface area contributed by atoms with Gasteiger partial charge in [0.25, 0.3) is 0 Å². The van der Waals surface area contributed by atoms with Crippen LogP contribution in [0.3, 0.4) is 0 Å². The molecule has 190 valence electrons. The van der Waals surface area contributed by atoms with E-state index in [0.717, 1.165) is 57.3 Å². The minimum Gasteiger partial charge on any atom is -0.497 e. The molecular formula is C33H30N2O3. The van der Waals surface area contributed by atoms with Crippen LogP contribution in [0.4, 0.5) is 11.4 Å². The number of methoxy groups -OCH3 is 1. The van der Waals surface area contributed by atoms with E-state index in [1.807, 2.05) is 60.7 Å². The molecule has 1 aliphatic heterocycles. The Balaban J connectivity index is 1.34. The topological polar surface area (TPSA) is 59.6 Å². The van der Waals surface area contributed by atoms with Gasteiger partial charge < -0.3 is 20.1 Å². The van der Waals surface area contributed by atoms with Crippen LogP contribution in [0.25, 0.3) is 0 Å². The molecule has 38 heavy (non-hydrogen) atoms. The molecule has 0 saturated carbocycles. The Bertz CT molecular complexity index is 1480. The first-order chi connectivity index (χ1) is 18.7. The summed E-state index contributed by atoms with van der Waals surface area (Å²) in [6.07, 6.45) is 1.22. The number of Topliss-reactive ketones (excluding diaryl/α,β-unsaturated/α-hetero) is 1. The van der Waals surface area contributed by atoms with E-state index in [2.05, 4.69) is 53.1 Å². The Morgan fingerprint density at radius 3 is 2.32 bits per heavy atom. The van der Waals surface area contributed by atoms with Gasteiger partial charge in [0.15, 0.2) is 5.78 Å². The summed E-state index contributed by atoms with van der Waals surface area (Å²) in [5.41, 5.74) is 6.97.